The third-order valence-electron chi connectivity index (χ3n) is 4.86. The first-order valence-corrected chi connectivity index (χ1v) is 8.74. The Balaban J connectivity index is 1.72. The summed E-state index contributed by atoms with van der Waals surface area (Å²) < 4.78 is 0. The molecule has 1 aromatic carbocycles. The Kier molecular flexibility index (Phi) is 5.16. The number of carbonyl (C=O) groups excluding carboxylic acids is 1. The smallest absolute Gasteiger partial charge is 0.326 e. The summed E-state index contributed by atoms with van der Waals surface area (Å²) in [5, 5.41) is 18.9. The number of nitrogens with zero attached hydrogens (tertiary/aromatic N) is 1. The summed E-state index contributed by atoms with van der Waals surface area (Å²) in [6.07, 6.45) is 4.15. The largest absolute Gasteiger partial charge is 0.480 e. The minimum Gasteiger partial charge on any atom is -0.480 e. The molecular formula is C19H23N3O3. The van der Waals surface area contributed by atoms with E-state index in [1.807, 2.05) is 19.1 Å². The van der Waals surface area contributed by atoms with Crippen LogP contribution >= 0.6 is 0 Å². The molecule has 1 amide bonds. The Labute approximate surface area is 146 Å². The molecular weight excluding hydrogens is 318 g/mol. The van der Waals surface area contributed by atoms with Crippen molar-refractivity contribution in [1.29, 1.82) is 0 Å². The lowest BCUT2D eigenvalue weighted by atomic mass is 9.79. The van der Waals surface area contributed by atoms with E-state index < -0.39 is 17.9 Å². The maximum atomic E-state index is 12.3. The number of aromatic amines is 1. The molecule has 25 heavy (non-hydrogen) atoms. The van der Waals surface area contributed by atoms with Crippen molar-refractivity contribution in [1.82, 2.24) is 15.5 Å². The Morgan fingerprint density at radius 2 is 2.20 bits per heavy atom. The van der Waals surface area contributed by atoms with E-state index in [1.54, 1.807) is 6.07 Å². The number of H-pyrrole nitrogens is 1. The summed E-state index contributed by atoms with van der Waals surface area (Å²) in [6.45, 7) is 1.95. The average Bonchev–Trinajstić information content (AvgIpc) is 3.10. The Bertz CT molecular complexity index is 769. The normalized spacial score (nSPS) is 17.6. The predicted octanol–water partition coefficient (Wildman–Crippen LogP) is 2.67. The van der Waals surface area contributed by atoms with Crippen molar-refractivity contribution >= 4 is 11.9 Å². The van der Waals surface area contributed by atoms with Gasteiger partial charge in [0.1, 0.15) is 11.7 Å². The SMILES string of the molecule is CCc1cc(C(=O)NC(CC2CCCc3ccccc32)C(=O)O)n[nH]1. The van der Waals surface area contributed by atoms with Crippen LogP contribution < -0.4 is 5.32 Å². The van der Waals surface area contributed by atoms with Crippen molar-refractivity contribution in [3.8, 4) is 0 Å². The number of aryl methyl sites for hydroxylation is 2. The van der Waals surface area contributed by atoms with Gasteiger partial charge in [-0.15, -0.1) is 0 Å². The second-order valence-corrected chi connectivity index (χ2v) is 6.52. The summed E-state index contributed by atoms with van der Waals surface area (Å²) in [4.78, 5) is 24.0. The molecule has 1 aliphatic carbocycles. The lowest BCUT2D eigenvalue weighted by molar-refractivity contribution is -0.139. The zero-order valence-electron chi connectivity index (χ0n) is 14.3. The van der Waals surface area contributed by atoms with Crippen LogP contribution in [0.3, 0.4) is 0 Å². The van der Waals surface area contributed by atoms with E-state index in [1.165, 1.54) is 11.1 Å². The number of fused-ring (bicyclic) bond motifs is 1. The maximum absolute atomic E-state index is 12.3. The van der Waals surface area contributed by atoms with Gasteiger partial charge in [0.15, 0.2) is 0 Å². The third-order valence-corrected chi connectivity index (χ3v) is 4.86. The molecule has 6 heteroatoms. The van der Waals surface area contributed by atoms with Crippen LogP contribution in [-0.4, -0.2) is 33.2 Å². The van der Waals surface area contributed by atoms with Crippen LogP contribution in [0.25, 0.3) is 0 Å². The number of aliphatic carboxylic acids is 1. The molecule has 132 valence electrons. The molecule has 0 saturated heterocycles. The minimum absolute atomic E-state index is 0.150. The van der Waals surface area contributed by atoms with Crippen LogP contribution in [0.4, 0.5) is 0 Å². The molecule has 1 aromatic heterocycles. The first-order chi connectivity index (χ1) is 12.1. The predicted molar refractivity (Wildman–Crippen MR) is 93.6 cm³/mol. The summed E-state index contributed by atoms with van der Waals surface area (Å²) in [5.41, 5.74) is 3.57. The van der Waals surface area contributed by atoms with Crippen molar-refractivity contribution in [3.05, 3.63) is 52.8 Å². The molecule has 0 fully saturated rings. The van der Waals surface area contributed by atoms with Crippen molar-refractivity contribution in [2.45, 2.75) is 51.0 Å². The first-order valence-electron chi connectivity index (χ1n) is 8.74. The number of carboxylic acids is 1. The summed E-state index contributed by atoms with van der Waals surface area (Å²) >= 11 is 0. The van der Waals surface area contributed by atoms with Gasteiger partial charge in [0.2, 0.25) is 0 Å². The van der Waals surface area contributed by atoms with Gasteiger partial charge in [-0.3, -0.25) is 9.89 Å². The van der Waals surface area contributed by atoms with Crippen LogP contribution in [0.5, 0.6) is 0 Å². The van der Waals surface area contributed by atoms with Crippen molar-refractivity contribution in [3.63, 3.8) is 0 Å². The summed E-state index contributed by atoms with van der Waals surface area (Å²) in [7, 11) is 0. The topological polar surface area (TPSA) is 95.1 Å². The van der Waals surface area contributed by atoms with Gasteiger partial charge in [-0.1, -0.05) is 31.2 Å². The fourth-order valence-electron chi connectivity index (χ4n) is 3.50. The molecule has 1 aliphatic rings. The molecule has 2 unspecified atom stereocenters. The molecule has 6 nitrogen and oxygen atoms in total. The molecule has 3 rings (SSSR count). The van der Waals surface area contributed by atoms with E-state index in [0.717, 1.165) is 31.4 Å². The molecule has 0 radical (unpaired) electrons. The van der Waals surface area contributed by atoms with Crippen molar-refractivity contribution in [2.75, 3.05) is 0 Å². The number of aromatic nitrogens is 2. The third kappa shape index (κ3) is 3.90. The number of carboxylic acid groups (broad SMARTS) is 1. The highest BCUT2D eigenvalue weighted by atomic mass is 16.4. The van der Waals surface area contributed by atoms with Crippen LogP contribution in [0.15, 0.2) is 30.3 Å². The number of hydrogen-bond donors (Lipinski definition) is 3. The van der Waals surface area contributed by atoms with Gasteiger partial charge in [0.05, 0.1) is 0 Å². The molecule has 2 aromatic rings. The molecule has 0 saturated carbocycles. The van der Waals surface area contributed by atoms with E-state index >= 15 is 0 Å². The Morgan fingerprint density at radius 1 is 1.40 bits per heavy atom. The van der Waals surface area contributed by atoms with Gasteiger partial charge in [-0.25, -0.2) is 4.79 Å². The number of nitrogens with one attached hydrogen (secondary N) is 2. The lowest BCUT2D eigenvalue weighted by Gasteiger charge is -2.27. The quantitative estimate of drug-likeness (QED) is 0.753. The second-order valence-electron chi connectivity index (χ2n) is 6.52. The number of carbonyl (C=O) groups is 2. The molecule has 0 aliphatic heterocycles. The molecule has 3 N–H and O–H groups in total. The van der Waals surface area contributed by atoms with E-state index in [9.17, 15) is 14.7 Å². The highest BCUT2D eigenvalue weighted by molar-refractivity contribution is 5.95. The number of amides is 1. The Morgan fingerprint density at radius 3 is 2.92 bits per heavy atom. The van der Waals surface area contributed by atoms with Crippen molar-refractivity contribution < 1.29 is 14.7 Å². The summed E-state index contributed by atoms with van der Waals surface area (Å²) in [6, 6.07) is 8.91. The van der Waals surface area contributed by atoms with E-state index in [-0.39, 0.29) is 11.6 Å². The zero-order valence-corrected chi connectivity index (χ0v) is 14.3. The monoisotopic (exact) mass is 341 g/mol. The van der Waals surface area contributed by atoms with Gasteiger partial charge >= 0.3 is 5.97 Å². The van der Waals surface area contributed by atoms with Gasteiger partial charge in [-0.05, 0) is 55.2 Å². The van der Waals surface area contributed by atoms with E-state index in [4.69, 9.17) is 0 Å². The van der Waals surface area contributed by atoms with Crippen LogP contribution in [0.2, 0.25) is 0 Å². The van der Waals surface area contributed by atoms with E-state index in [2.05, 4.69) is 27.6 Å². The molecule has 0 bridgehead atoms. The average molecular weight is 341 g/mol. The van der Waals surface area contributed by atoms with Gasteiger partial charge in [0.25, 0.3) is 5.91 Å². The lowest BCUT2D eigenvalue weighted by Crippen LogP contribution is -2.42. The van der Waals surface area contributed by atoms with Gasteiger partial charge < -0.3 is 10.4 Å². The van der Waals surface area contributed by atoms with Crippen LogP contribution in [-0.2, 0) is 17.6 Å². The first kappa shape index (κ1) is 17.2. The minimum atomic E-state index is -1.01. The molecule has 0 spiro atoms. The fraction of sp³-hybridized carbons (Fsp3) is 0.421. The standard InChI is InChI=1S/C19H23N3O3/c1-2-14-11-16(22-21-14)18(23)20-17(19(24)25)10-13-8-5-7-12-6-3-4-9-15(12)13/h3-4,6,9,11,13,17H,2,5,7-8,10H2,1H3,(H,20,23)(H,21,22)(H,24,25). The van der Waals surface area contributed by atoms with Gasteiger partial charge in [-0.2, -0.15) is 5.10 Å². The number of benzene rings is 1. The van der Waals surface area contributed by atoms with E-state index in [0.29, 0.717) is 6.42 Å². The number of rotatable bonds is 6. The van der Waals surface area contributed by atoms with Crippen molar-refractivity contribution in [2.24, 2.45) is 0 Å². The fourth-order valence-corrected chi connectivity index (χ4v) is 3.50. The second kappa shape index (κ2) is 7.51. The van der Waals surface area contributed by atoms with Crippen LogP contribution in [0, 0.1) is 0 Å². The maximum Gasteiger partial charge on any atom is 0.326 e. The van der Waals surface area contributed by atoms with Crippen LogP contribution in [0.1, 0.15) is 59.4 Å². The molecule has 2 atom stereocenters. The number of hydrogen-bond acceptors (Lipinski definition) is 3. The highest BCUT2D eigenvalue weighted by Crippen LogP contribution is 2.34. The zero-order chi connectivity index (χ0) is 17.8. The highest BCUT2D eigenvalue weighted by Gasteiger charge is 2.28. The van der Waals surface area contributed by atoms with Gasteiger partial charge in [0, 0.05) is 5.69 Å². The summed E-state index contributed by atoms with van der Waals surface area (Å²) in [5.74, 6) is -1.31. The molecule has 1 heterocycles. The Hall–Kier alpha value is -2.63.